The number of hydrogen-bond donors (Lipinski definition) is 2. The smallest absolute Gasteiger partial charge is 0.325 e. The number of urea groups is 1. The standard InChI is InChI=1S/C22H25N3O5S/c1-16-9-11-17(12-10-16)22(2)20(27)25(21(28)24-22)15-19(26)23-13-6-14-31(29,30)18-7-4-3-5-8-18/h3-5,7-12H,6,13-15H2,1-2H3,(H,23,26)(H,24,28). The van der Waals surface area contributed by atoms with Gasteiger partial charge in [-0.2, -0.15) is 0 Å². The van der Waals surface area contributed by atoms with Crippen molar-refractivity contribution in [2.24, 2.45) is 0 Å². The summed E-state index contributed by atoms with van der Waals surface area (Å²) in [6, 6.07) is 14.7. The first-order valence-electron chi connectivity index (χ1n) is 9.89. The van der Waals surface area contributed by atoms with E-state index in [1.54, 1.807) is 37.3 Å². The highest BCUT2D eigenvalue weighted by Crippen LogP contribution is 2.28. The van der Waals surface area contributed by atoms with Crippen LogP contribution < -0.4 is 10.6 Å². The summed E-state index contributed by atoms with van der Waals surface area (Å²) in [7, 11) is -3.43. The van der Waals surface area contributed by atoms with Crippen LogP contribution in [0, 0.1) is 6.92 Å². The molecule has 1 unspecified atom stereocenters. The molecule has 0 bridgehead atoms. The van der Waals surface area contributed by atoms with Crippen LogP contribution in [0.1, 0.15) is 24.5 Å². The third-order valence-electron chi connectivity index (χ3n) is 5.22. The monoisotopic (exact) mass is 443 g/mol. The van der Waals surface area contributed by atoms with Gasteiger partial charge >= 0.3 is 6.03 Å². The van der Waals surface area contributed by atoms with Crippen molar-refractivity contribution >= 4 is 27.7 Å². The maximum atomic E-state index is 12.9. The Hall–Kier alpha value is -3.20. The van der Waals surface area contributed by atoms with E-state index in [-0.39, 0.29) is 23.6 Å². The van der Waals surface area contributed by atoms with Crippen molar-refractivity contribution in [1.82, 2.24) is 15.5 Å². The summed E-state index contributed by atoms with van der Waals surface area (Å²) in [4.78, 5) is 38.5. The van der Waals surface area contributed by atoms with Crippen LogP contribution in [-0.2, 0) is 25.0 Å². The Bertz CT molecular complexity index is 1080. The summed E-state index contributed by atoms with van der Waals surface area (Å²) >= 11 is 0. The first kappa shape index (κ1) is 22.5. The molecule has 2 N–H and O–H groups in total. The third-order valence-corrected chi connectivity index (χ3v) is 7.04. The van der Waals surface area contributed by atoms with E-state index in [1.807, 2.05) is 19.1 Å². The second kappa shape index (κ2) is 8.89. The molecule has 8 nitrogen and oxygen atoms in total. The van der Waals surface area contributed by atoms with Gasteiger partial charge in [-0.25, -0.2) is 13.2 Å². The Morgan fingerprint density at radius 3 is 2.35 bits per heavy atom. The molecule has 0 aromatic heterocycles. The lowest BCUT2D eigenvalue weighted by atomic mass is 9.91. The van der Waals surface area contributed by atoms with Gasteiger partial charge in [-0.05, 0) is 38.0 Å². The van der Waals surface area contributed by atoms with Gasteiger partial charge in [0.25, 0.3) is 5.91 Å². The largest absolute Gasteiger partial charge is 0.355 e. The molecule has 0 radical (unpaired) electrons. The van der Waals surface area contributed by atoms with Gasteiger partial charge in [0, 0.05) is 6.54 Å². The molecule has 2 aromatic carbocycles. The van der Waals surface area contributed by atoms with Gasteiger partial charge in [0.05, 0.1) is 10.6 Å². The molecule has 1 fully saturated rings. The number of amides is 4. The van der Waals surface area contributed by atoms with E-state index in [0.717, 1.165) is 10.5 Å². The maximum Gasteiger partial charge on any atom is 0.325 e. The molecule has 3 rings (SSSR count). The van der Waals surface area contributed by atoms with Crippen LogP contribution in [0.25, 0.3) is 0 Å². The number of sulfone groups is 1. The summed E-state index contributed by atoms with van der Waals surface area (Å²) in [6.45, 7) is 3.20. The van der Waals surface area contributed by atoms with E-state index in [2.05, 4.69) is 10.6 Å². The third kappa shape index (κ3) is 4.93. The molecule has 1 atom stereocenters. The van der Waals surface area contributed by atoms with Gasteiger partial charge in [0.1, 0.15) is 12.1 Å². The Kier molecular flexibility index (Phi) is 6.45. The topological polar surface area (TPSA) is 113 Å². The maximum absolute atomic E-state index is 12.9. The summed E-state index contributed by atoms with van der Waals surface area (Å²) in [5, 5.41) is 5.23. The van der Waals surface area contributed by atoms with Gasteiger partial charge in [0.15, 0.2) is 9.84 Å². The second-order valence-electron chi connectivity index (χ2n) is 7.65. The minimum atomic E-state index is -3.43. The SMILES string of the molecule is Cc1ccc(C2(C)NC(=O)N(CC(=O)NCCCS(=O)(=O)c3ccccc3)C2=O)cc1. The first-order chi connectivity index (χ1) is 14.6. The number of nitrogens with one attached hydrogen (secondary N) is 2. The van der Waals surface area contributed by atoms with Crippen LogP contribution in [0.4, 0.5) is 4.79 Å². The van der Waals surface area contributed by atoms with Gasteiger partial charge in [-0.3, -0.25) is 14.5 Å². The Labute approximate surface area is 181 Å². The molecular formula is C22H25N3O5S. The predicted molar refractivity (Wildman–Crippen MR) is 115 cm³/mol. The van der Waals surface area contributed by atoms with Gasteiger partial charge in [-0.1, -0.05) is 48.0 Å². The number of rotatable bonds is 8. The highest BCUT2D eigenvalue weighted by Gasteiger charge is 2.49. The van der Waals surface area contributed by atoms with E-state index >= 15 is 0 Å². The van der Waals surface area contributed by atoms with E-state index in [1.165, 1.54) is 12.1 Å². The van der Waals surface area contributed by atoms with Crippen LogP contribution in [0.15, 0.2) is 59.5 Å². The Morgan fingerprint density at radius 1 is 1.06 bits per heavy atom. The lowest BCUT2D eigenvalue weighted by Gasteiger charge is -2.22. The highest BCUT2D eigenvalue weighted by atomic mass is 32.2. The van der Waals surface area contributed by atoms with Crippen molar-refractivity contribution < 1.29 is 22.8 Å². The van der Waals surface area contributed by atoms with Crippen LogP contribution in [0.3, 0.4) is 0 Å². The molecule has 4 amide bonds. The van der Waals surface area contributed by atoms with Crippen LogP contribution in [0.5, 0.6) is 0 Å². The fourth-order valence-electron chi connectivity index (χ4n) is 3.36. The summed E-state index contributed by atoms with van der Waals surface area (Å²) in [6.07, 6.45) is 0.212. The van der Waals surface area contributed by atoms with Crippen LogP contribution >= 0.6 is 0 Å². The van der Waals surface area contributed by atoms with Crippen LogP contribution in [0.2, 0.25) is 0 Å². The van der Waals surface area contributed by atoms with E-state index in [4.69, 9.17) is 0 Å². The summed E-state index contributed by atoms with van der Waals surface area (Å²) in [5.74, 6) is -1.16. The van der Waals surface area contributed by atoms with Crippen molar-refractivity contribution in [2.75, 3.05) is 18.8 Å². The molecule has 0 saturated carbocycles. The van der Waals surface area contributed by atoms with E-state index in [0.29, 0.717) is 5.56 Å². The molecule has 31 heavy (non-hydrogen) atoms. The summed E-state index contributed by atoms with van der Waals surface area (Å²) < 4.78 is 24.5. The van der Waals surface area contributed by atoms with Crippen molar-refractivity contribution in [2.45, 2.75) is 30.7 Å². The number of carbonyl (C=O) groups excluding carboxylic acids is 3. The molecule has 1 saturated heterocycles. The molecule has 2 aromatic rings. The number of nitrogens with zero attached hydrogens (tertiary/aromatic N) is 1. The molecule has 9 heteroatoms. The van der Waals surface area contributed by atoms with E-state index in [9.17, 15) is 22.8 Å². The molecule has 1 aliphatic heterocycles. The number of imide groups is 1. The van der Waals surface area contributed by atoms with Gasteiger partial charge in [0.2, 0.25) is 5.91 Å². The fourth-order valence-corrected chi connectivity index (χ4v) is 4.69. The number of carbonyl (C=O) groups is 3. The molecule has 0 aliphatic carbocycles. The first-order valence-corrected chi connectivity index (χ1v) is 11.5. The van der Waals surface area contributed by atoms with Crippen molar-refractivity contribution in [3.63, 3.8) is 0 Å². The van der Waals surface area contributed by atoms with Crippen molar-refractivity contribution in [3.8, 4) is 0 Å². The zero-order valence-corrected chi connectivity index (χ0v) is 18.2. The van der Waals surface area contributed by atoms with Crippen molar-refractivity contribution in [1.29, 1.82) is 0 Å². The quantitative estimate of drug-likeness (QED) is 0.477. The van der Waals surface area contributed by atoms with Crippen LogP contribution in [-0.4, -0.2) is 50.0 Å². The molecular weight excluding hydrogens is 418 g/mol. The predicted octanol–water partition coefficient (Wildman–Crippen LogP) is 1.74. The molecule has 1 heterocycles. The zero-order valence-electron chi connectivity index (χ0n) is 17.4. The molecule has 164 valence electrons. The average Bonchev–Trinajstić information content (AvgIpc) is 2.96. The lowest BCUT2D eigenvalue weighted by Crippen LogP contribution is -2.43. The lowest BCUT2D eigenvalue weighted by molar-refractivity contribution is -0.134. The van der Waals surface area contributed by atoms with E-state index < -0.39 is 39.8 Å². The normalized spacial score (nSPS) is 18.7. The number of hydrogen-bond acceptors (Lipinski definition) is 5. The van der Waals surface area contributed by atoms with Gasteiger partial charge in [-0.15, -0.1) is 0 Å². The molecule has 1 aliphatic rings. The highest BCUT2D eigenvalue weighted by molar-refractivity contribution is 7.91. The molecule has 0 spiro atoms. The fraction of sp³-hybridized carbons (Fsp3) is 0.318. The van der Waals surface area contributed by atoms with Gasteiger partial charge < -0.3 is 10.6 Å². The van der Waals surface area contributed by atoms with Crippen molar-refractivity contribution in [3.05, 3.63) is 65.7 Å². The minimum absolute atomic E-state index is 0.115. The number of benzene rings is 2. The Morgan fingerprint density at radius 2 is 1.71 bits per heavy atom. The average molecular weight is 444 g/mol. The number of aryl methyl sites for hydroxylation is 1. The summed E-state index contributed by atoms with van der Waals surface area (Å²) in [5.41, 5.74) is 0.412. The zero-order chi connectivity index (χ0) is 22.6. The second-order valence-corrected chi connectivity index (χ2v) is 9.76. The Balaban J connectivity index is 1.53. The minimum Gasteiger partial charge on any atom is -0.355 e.